The van der Waals surface area contributed by atoms with Gasteiger partial charge in [-0.2, -0.15) is 0 Å². The van der Waals surface area contributed by atoms with E-state index < -0.39 is 0 Å². The van der Waals surface area contributed by atoms with Crippen LogP contribution >= 0.6 is 0 Å². The van der Waals surface area contributed by atoms with Gasteiger partial charge in [0, 0.05) is 0 Å². The van der Waals surface area contributed by atoms with Crippen LogP contribution in [0.25, 0.3) is 0 Å². The zero-order valence-electron chi connectivity index (χ0n) is 14.0. The summed E-state index contributed by atoms with van der Waals surface area (Å²) in [5.74, 6) is 1.91. The lowest BCUT2D eigenvalue weighted by Gasteiger charge is -2.62. The first-order chi connectivity index (χ1) is 10.4. The summed E-state index contributed by atoms with van der Waals surface area (Å²) >= 11 is 0. The summed E-state index contributed by atoms with van der Waals surface area (Å²) in [6.45, 7) is 4.69. The molecule has 0 aromatic rings. The maximum Gasteiger partial charge on any atom is 0.0596 e. The van der Waals surface area contributed by atoms with E-state index in [0.717, 1.165) is 51.4 Å². The summed E-state index contributed by atoms with van der Waals surface area (Å²) in [5.41, 5.74) is 0.317. The number of aliphatic hydroxyl groups excluding tert-OH is 3. The zero-order valence-corrected chi connectivity index (χ0v) is 14.0. The summed E-state index contributed by atoms with van der Waals surface area (Å²) in [6.07, 6.45) is 7.45. The highest BCUT2D eigenvalue weighted by Gasteiger charge is 2.62. The molecule has 0 heterocycles. The quantitative estimate of drug-likeness (QED) is 0.645. The second-order valence-electron chi connectivity index (χ2n) is 9.36. The van der Waals surface area contributed by atoms with Crippen LogP contribution in [0.2, 0.25) is 0 Å². The van der Waals surface area contributed by atoms with Crippen molar-refractivity contribution in [3.05, 3.63) is 0 Å². The molecule has 0 saturated heterocycles. The van der Waals surface area contributed by atoms with Gasteiger partial charge in [0.1, 0.15) is 0 Å². The van der Waals surface area contributed by atoms with E-state index in [4.69, 9.17) is 0 Å². The second kappa shape index (κ2) is 4.94. The van der Waals surface area contributed by atoms with Crippen molar-refractivity contribution in [2.45, 2.75) is 83.5 Å². The van der Waals surface area contributed by atoms with E-state index in [1.54, 1.807) is 0 Å². The van der Waals surface area contributed by atoms with Crippen molar-refractivity contribution >= 4 is 0 Å². The van der Waals surface area contributed by atoms with Crippen molar-refractivity contribution in [2.24, 2.45) is 34.5 Å². The van der Waals surface area contributed by atoms with E-state index >= 15 is 0 Å². The molecule has 0 aliphatic heterocycles. The maximum absolute atomic E-state index is 10.9. The average Bonchev–Trinajstić information content (AvgIpc) is 2.77. The Bertz CT molecular complexity index is 452. The van der Waals surface area contributed by atoms with Gasteiger partial charge in [0.2, 0.25) is 0 Å². The number of aliphatic hydroxyl groups is 3. The zero-order chi connectivity index (χ0) is 15.7. The molecule has 22 heavy (non-hydrogen) atoms. The number of hydrogen-bond donors (Lipinski definition) is 3. The van der Waals surface area contributed by atoms with Gasteiger partial charge < -0.3 is 15.3 Å². The lowest BCUT2D eigenvalue weighted by atomic mass is 9.44. The molecule has 126 valence electrons. The SMILES string of the molecule is C[C@]12CCC(O)CC1CC(O)[C@@H]1[C@@H]2CC[C@]2(C)C(O)CC[C@@H]12. The van der Waals surface area contributed by atoms with Crippen LogP contribution in [-0.4, -0.2) is 33.6 Å². The van der Waals surface area contributed by atoms with Crippen LogP contribution in [0.15, 0.2) is 0 Å². The Morgan fingerprint density at radius 3 is 2.23 bits per heavy atom. The number of rotatable bonds is 0. The minimum absolute atomic E-state index is 0.0273. The van der Waals surface area contributed by atoms with Gasteiger partial charge in [-0.25, -0.2) is 0 Å². The van der Waals surface area contributed by atoms with Crippen molar-refractivity contribution in [1.29, 1.82) is 0 Å². The maximum atomic E-state index is 10.9. The molecule has 4 unspecified atom stereocenters. The van der Waals surface area contributed by atoms with E-state index in [2.05, 4.69) is 13.8 Å². The van der Waals surface area contributed by atoms with Crippen molar-refractivity contribution in [1.82, 2.24) is 0 Å². The molecule has 0 spiro atoms. The minimum atomic E-state index is -0.233. The molecule has 4 aliphatic carbocycles. The van der Waals surface area contributed by atoms with Gasteiger partial charge in [-0.15, -0.1) is 0 Å². The molecule has 0 aromatic carbocycles. The predicted octanol–water partition coefficient (Wildman–Crippen LogP) is 2.72. The van der Waals surface area contributed by atoms with Gasteiger partial charge in [0.05, 0.1) is 18.3 Å². The number of hydrogen-bond acceptors (Lipinski definition) is 3. The van der Waals surface area contributed by atoms with Gasteiger partial charge in [-0.05, 0) is 85.9 Å². The fraction of sp³-hybridized carbons (Fsp3) is 1.00. The van der Waals surface area contributed by atoms with Gasteiger partial charge in [-0.3, -0.25) is 0 Å². The first kappa shape index (κ1) is 15.4. The molecule has 0 bridgehead atoms. The Morgan fingerprint density at radius 2 is 1.45 bits per heavy atom. The third-order valence-corrected chi connectivity index (χ3v) is 8.61. The molecule has 3 heteroatoms. The molecule has 3 N–H and O–H groups in total. The summed E-state index contributed by atoms with van der Waals surface area (Å²) < 4.78 is 0. The Balaban J connectivity index is 1.67. The van der Waals surface area contributed by atoms with E-state index in [-0.39, 0.29) is 29.1 Å². The van der Waals surface area contributed by atoms with Crippen LogP contribution in [0.1, 0.15) is 65.2 Å². The largest absolute Gasteiger partial charge is 0.393 e. The van der Waals surface area contributed by atoms with Crippen LogP contribution in [0.5, 0.6) is 0 Å². The fourth-order valence-electron chi connectivity index (χ4n) is 7.17. The molecule has 4 saturated carbocycles. The number of fused-ring (bicyclic) bond motifs is 5. The van der Waals surface area contributed by atoms with Crippen LogP contribution in [-0.2, 0) is 0 Å². The molecule has 0 amide bonds. The Kier molecular flexibility index (Phi) is 3.46. The first-order valence-electron chi connectivity index (χ1n) is 9.40. The van der Waals surface area contributed by atoms with Crippen molar-refractivity contribution < 1.29 is 15.3 Å². The van der Waals surface area contributed by atoms with Crippen LogP contribution in [0, 0.1) is 34.5 Å². The fourth-order valence-corrected chi connectivity index (χ4v) is 7.17. The summed E-state index contributed by atoms with van der Waals surface area (Å²) in [7, 11) is 0. The highest BCUT2D eigenvalue weighted by atomic mass is 16.3. The Hall–Kier alpha value is -0.120. The molecule has 4 rings (SSSR count). The average molecular weight is 308 g/mol. The smallest absolute Gasteiger partial charge is 0.0596 e. The monoisotopic (exact) mass is 308 g/mol. The first-order valence-corrected chi connectivity index (χ1v) is 9.40. The van der Waals surface area contributed by atoms with Crippen molar-refractivity contribution in [3.63, 3.8) is 0 Å². The lowest BCUT2D eigenvalue weighted by molar-refractivity contribution is -0.176. The van der Waals surface area contributed by atoms with Gasteiger partial charge in [0.25, 0.3) is 0 Å². The molecule has 0 aromatic heterocycles. The van der Waals surface area contributed by atoms with Crippen LogP contribution < -0.4 is 0 Å². The van der Waals surface area contributed by atoms with Gasteiger partial charge in [0.15, 0.2) is 0 Å². The second-order valence-corrected chi connectivity index (χ2v) is 9.36. The minimum Gasteiger partial charge on any atom is -0.393 e. The van der Waals surface area contributed by atoms with E-state index in [1.807, 2.05) is 0 Å². The summed E-state index contributed by atoms with van der Waals surface area (Å²) in [5, 5.41) is 31.5. The Morgan fingerprint density at radius 1 is 0.773 bits per heavy atom. The predicted molar refractivity (Wildman–Crippen MR) is 85.1 cm³/mol. The molecule has 9 atom stereocenters. The molecular formula is C19H32O3. The van der Waals surface area contributed by atoms with Crippen LogP contribution in [0.3, 0.4) is 0 Å². The highest BCUT2D eigenvalue weighted by Crippen LogP contribution is 2.66. The van der Waals surface area contributed by atoms with E-state index in [1.165, 1.54) is 0 Å². The molecule has 4 aliphatic rings. The standard InChI is InChI=1S/C19H32O3/c1-18-7-5-12(20)9-11(18)10-15(21)17-13-3-4-16(22)19(13,2)8-6-14(17)18/h11-17,20-22H,3-10H2,1-2H3/t11?,12?,13-,14-,15?,16?,17-,18-,19-/m0/s1. The third-order valence-electron chi connectivity index (χ3n) is 8.61. The van der Waals surface area contributed by atoms with Gasteiger partial charge in [-0.1, -0.05) is 13.8 Å². The van der Waals surface area contributed by atoms with E-state index in [0.29, 0.717) is 23.7 Å². The third kappa shape index (κ3) is 1.91. The van der Waals surface area contributed by atoms with Crippen molar-refractivity contribution in [3.8, 4) is 0 Å². The Labute approximate surface area is 134 Å². The van der Waals surface area contributed by atoms with Crippen LogP contribution in [0.4, 0.5) is 0 Å². The molecule has 3 nitrogen and oxygen atoms in total. The van der Waals surface area contributed by atoms with Crippen molar-refractivity contribution in [2.75, 3.05) is 0 Å². The normalized spacial score (nSPS) is 61.2. The van der Waals surface area contributed by atoms with E-state index in [9.17, 15) is 15.3 Å². The topological polar surface area (TPSA) is 60.7 Å². The molecular weight excluding hydrogens is 276 g/mol. The molecule has 4 fully saturated rings. The van der Waals surface area contributed by atoms with Gasteiger partial charge >= 0.3 is 0 Å². The summed E-state index contributed by atoms with van der Waals surface area (Å²) in [4.78, 5) is 0. The molecule has 0 radical (unpaired) electrons. The lowest BCUT2D eigenvalue weighted by Crippen LogP contribution is -2.58. The highest BCUT2D eigenvalue weighted by molar-refractivity contribution is 5.11. The summed E-state index contributed by atoms with van der Waals surface area (Å²) in [6, 6.07) is 0.